The normalized spacial score (nSPS) is 14.4. The third-order valence-corrected chi connectivity index (χ3v) is 6.05. The van der Waals surface area contributed by atoms with E-state index in [9.17, 15) is 9.65 Å². The van der Waals surface area contributed by atoms with Crippen LogP contribution in [0.3, 0.4) is 0 Å². The molecule has 0 amide bonds. The van der Waals surface area contributed by atoms with E-state index < -0.39 is 11.6 Å². The Morgan fingerprint density at radius 2 is 1.97 bits per heavy atom. The van der Waals surface area contributed by atoms with E-state index in [1.165, 1.54) is 18.3 Å². The number of pyridine rings is 1. The summed E-state index contributed by atoms with van der Waals surface area (Å²) in [7, 11) is 0. The van der Waals surface area contributed by atoms with Gasteiger partial charge in [-0.3, -0.25) is 15.3 Å². The number of anilines is 2. The van der Waals surface area contributed by atoms with E-state index >= 15 is 0 Å². The van der Waals surface area contributed by atoms with E-state index in [1.54, 1.807) is 18.2 Å². The summed E-state index contributed by atoms with van der Waals surface area (Å²) in [5.74, 6) is -0.322. The molecule has 1 atom stereocenters. The van der Waals surface area contributed by atoms with Crippen LogP contribution in [0.4, 0.5) is 15.8 Å². The molecule has 1 unspecified atom stereocenters. The lowest BCUT2D eigenvalue weighted by Gasteiger charge is -2.22. The van der Waals surface area contributed by atoms with Crippen LogP contribution >= 0.6 is 11.6 Å². The highest BCUT2D eigenvalue weighted by Crippen LogP contribution is 2.37. The molecule has 36 heavy (non-hydrogen) atoms. The van der Waals surface area contributed by atoms with Gasteiger partial charge in [0.1, 0.15) is 17.6 Å². The van der Waals surface area contributed by atoms with E-state index in [0.29, 0.717) is 44.6 Å². The minimum Gasteiger partial charge on any atom is -0.373 e. The van der Waals surface area contributed by atoms with Crippen LogP contribution in [0.15, 0.2) is 48.8 Å². The molecular formula is C26H25ClFN7O. The Morgan fingerprint density at radius 3 is 2.64 bits per heavy atom. The van der Waals surface area contributed by atoms with Crippen LogP contribution in [0.1, 0.15) is 62.5 Å². The van der Waals surface area contributed by atoms with Gasteiger partial charge in [-0.25, -0.2) is 9.07 Å². The quantitative estimate of drug-likeness (QED) is 0.290. The molecule has 0 radical (unpaired) electrons. The van der Waals surface area contributed by atoms with E-state index in [0.717, 1.165) is 18.4 Å². The molecule has 2 aromatic heterocycles. The topological polar surface area (TPSA) is 101 Å². The summed E-state index contributed by atoms with van der Waals surface area (Å²) in [6.45, 7) is 5.70. The third kappa shape index (κ3) is 5.10. The molecule has 1 saturated carbocycles. The van der Waals surface area contributed by atoms with Crippen molar-refractivity contribution in [2.24, 2.45) is 0 Å². The van der Waals surface area contributed by atoms with Gasteiger partial charge in [0, 0.05) is 17.3 Å². The van der Waals surface area contributed by atoms with Crippen molar-refractivity contribution in [2.75, 3.05) is 10.8 Å². The minimum absolute atomic E-state index is 0.322. The largest absolute Gasteiger partial charge is 0.373 e. The molecule has 184 valence electrons. The molecule has 4 aromatic rings. The van der Waals surface area contributed by atoms with Crippen LogP contribution in [0, 0.1) is 17.1 Å². The molecule has 2 aromatic carbocycles. The van der Waals surface area contributed by atoms with Crippen molar-refractivity contribution in [2.45, 2.75) is 51.3 Å². The van der Waals surface area contributed by atoms with Gasteiger partial charge in [-0.05, 0) is 63.4 Å². The van der Waals surface area contributed by atoms with Gasteiger partial charge in [-0.15, -0.1) is 5.10 Å². The molecule has 0 aliphatic heterocycles. The first-order valence-corrected chi connectivity index (χ1v) is 12.0. The molecule has 0 saturated heterocycles. The fraction of sp³-hybridized carbons (Fsp3) is 0.308. The summed E-state index contributed by atoms with van der Waals surface area (Å²) in [5.41, 5.74) is 5.93. The molecule has 0 spiro atoms. The average molecular weight is 506 g/mol. The van der Waals surface area contributed by atoms with E-state index in [4.69, 9.17) is 16.4 Å². The minimum atomic E-state index is -0.497. The van der Waals surface area contributed by atoms with Crippen LogP contribution in [0.25, 0.3) is 10.9 Å². The van der Waals surface area contributed by atoms with E-state index in [1.807, 2.05) is 37.7 Å². The highest BCUT2D eigenvalue weighted by atomic mass is 35.5. The van der Waals surface area contributed by atoms with Gasteiger partial charge in [0.25, 0.3) is 0 Å². The Balaban J connectivity index is 1.57. The van der Waals surface area contributed by atoms with Crippen LogP contribution in [-0.2, 0) is 4.84 Å². The third-order valence-electron chi connectivity index (χ3n) is 5.76. The predicted molar refractivity (Wildman–Crippen MR) is 136 cm³/mol. The highest BCUT2D eigenvalue weighted by Gasteiger charge is 2.27. The van der Waals surface area contributed by atoms with Crippen molar-refractivity contribution < 1.29 is 9.23 Å². The van der Waals surface area contributed by atoms with Crippen molar-refractivity contribution in [1.29, 1.82) is 5.26 Å². The predicted octanol–water partition coefficient (Wildman–Crippen LogP) is 6.17. The van der Waals surface area contributed by atoms with Gasteiger partial charge >= 0.3 is 0 Å². The lowest BCUT2D eigenvalue weighted by Crippen LogP contribution is -2.23. The van der Waals surface area contributed by atoms with Gasteiger partial charge in [-0.2, -0.15) is 5.26 Å². The summed E-state index contributed by atoms with van der Waals surface area (Å²) in [6.07, 6.45) is 5.55. The molecule has 2 heterocycles. The summed E-state index contributed by atoms with van der Waals surface area (Å²) in [6, 6.07) is 12.0. The van der Waals surface area contributed by atoms with E-state index in [2.05, 4.69) is 32.2 Å². The molecule has 1 fully saturated rings. The van der Waals surface area contributed by atoms with Gasteiger partial charge in [-0.1, -0.05) is 28.9 Å². The first-order chi connectivity index (χ1) is 17.2. The number of aromatic nitrogens is 4. The van der Waals surface area contributed by atoms with Crippen molar-refractivity contribution in [3.63, 3.8) is 0 Å². The van der Waals surface area contributed by atoms with Gasteiger partial charge in [0.05, 0.1) is 45.7 Å². The summed E-state index contributed by atoms with van der Waals surface area (Å²) in [5, 5.41) is 22.9. The number of hydrogen-bond acceptors (Lipinski definition) is 7. The molecular weight excluding hydrogens is 481 g/mol. The van der Waals surface area contributed by atoms with Gasteiger partial charge in [0.15, 0.2) is 0 Å². The van der Waals surface area contributed by atoms with Crippen molar-refractivity contribution in [3.05, 3.63) is 76.5 Å². The fourth-order valence-corrected chi connectivity index (χ4v) is 4.10. The van der Waals surface area contributed by atoms with Crippen LogP contribution in [0.5, 0.6) is 0 Å². The molecule has 5 rings (SSSR count). The number of halogens is 2. The smallest absolute Gasteiger partial charge is 0.123 e. The Kier molecular flexibility index (Phi) is 6.24. The lowest BCUT2D eigenvalue weighted by molar-refractivity contribution is 0.0377. The van der Waals surface area contributed by atoms with Crippen molar-refractivity contribution >= 4 is 33.9 Å². The Labute approximate surface area is 213 Å². The summed E-state index contributed by atoms with van der Waals surface area (Å²) >= 11 is 6.63. The first kappa shape index (κ1) is 24.0. The van der Waals surface area contributed by atoms with Gasteiger partial charge in [0.2, 0.25) is 0 Å². The Morgan fingerprint density at radius 1 is 1.22 bits per heavy atom. The number of rotatable bonds is 7. The number of nitriles is 1. The second-order valence-electron chi connectivity index (χ2n) is 9.81. The van der Waals surface area contributed by atoms with Crippen molar-refractivity contribution in [3.8, 4) is 6.07 Å². The molecule has 1 aliphatic carbocycles. The van der Waals surface area contributed by atoms with Crippen molar-refractivity contribution in [1.82, 2.24) is 20.0 Å². The molecule has 1 aliphatic rings. The zero-order valence-corrected chi connectivity index (χ0v) is 20.8. The monoisotopic (exact) mass is 505 g/mol. The average Bonchev–Trinajstić information content (AvgIpc) is 3.58. The molecule has 2 N–H and O–H groups in total. The Bertz CT molecular complexity index is 1450. The summed E-state index contributed by atoms with van der Waals surface area (Å²) < 4.78 is 15.5. The maximum absolute atomic E-state index is 13.7. The standard InChI is InChI=1S/C26H25ClFN7O/c1-26(2,3)36-33-23-16(12-29)13-30-25-20(23)10-18(11-21(25)27)31-24(15-4-6-17(28)7-5-15)22-14-35(34-32-22)19-8-9-19/h4-7,10-11,13-14,19,24,31H,8-9H2,1-3H3,(H,30,33). The zero-order chi connectivity index (χ0) is 25.4. The maximum Gasteiger partial charge on any atom is 0.123 e. The molecule has 8 nitrogen and oxygen atoms in total. The number of hydrogen-bond donors (Lipinski definition) is 2. The van der Waals surface area contributed by atoms with Crippen LogP contribution in [0.2, 0.25) is 5.02 Å². The SMILES string of the molecule is CC(C)(C)ONc1c(C#N)cnc2c(Cl)cc(NC(c3ccc(F)cc3)c3cn(C4CC4)nn3)cc12. The number of benzene rings is 2. The second kappa shape index (κ2) is 9.37. The summed E-state index contributed by atoms with van der Waals surface area (Å²) in [4.78, 5) is 10.1. The second-order valence-corrected chi connectivity index (χ2v) is 10.2. The highest BCUT2D eigenvalue weighted by molar-refractivity contribution is 6.35. The first-order valence-electron chi connectivity index (χ1n) is 11.6. The zero-order valence-electron chi connectivity index (χ0n) is 20.1. The van der Waals surface area contributed by atoms with Gasteiger partial charge < -0.3 is 5.32 Å². The fourth-order valence-electron chi connectivity index (χ4n) is 3.83. The number of nitrogens with one attached hydrogen (secondary N) is 2. The van der Waals surface area contributed by atoms with E-state index in [-0.39, 0.29) is 5.82 Å². The van der Waals surface area contributed by atoms with Crippen LogP contribution < -0.4 is 10.8 Å². The number of fused-ring (bicyclic) bond motifs is 1. The Hall–Kier alpha value is -3.74. The number of nitrogens with zero attached hydrogens (tertiary/aromatic N) is 5. The maximum atomic E-state index is 13.7. The lowest BCUT2D eigenvalue weighted by atomic mass is 10.0. The molecule has 10 heteroatoms. The molecule has 0 bridgehead atoms. The van der Waals surface area contributed by atoms with Crippen LogP contribution in [-0.4, -0.2) is 25.6 Å².